The van der Waals surface area contributed by atoms with Gasteiger partial charge in [0.2, 0.25) is 5.91 Å². The summed E-state index contributed by atoms with van der Waals surface area (Å²) in [5.74, 6) is 1.11. The van der Waals surface area contributed by atoms with Gasteiger partial charge >= 0.3 is 0 Å². The Balaban J connectivity index is 1.53. The van der Waals surface area contributed by atoms with Gasteiger partial charge in [0.25, 0.3) is 0 Å². The van der Waals surface area contributed by atoms with Crippen molar-refractivity contribution in [2.45, 2.75) is 11.7 Å². The van der Waals surface area contributed by atoms with Crippen molar-refractivity contribution in [1.29, 1.82) is 0 Å². The number of nitrogens with one attached hydrogen (secondary N) is 1. The number of rotatable bonds is 6. The van der Waals surface area contributed by atoms with Crippen LogP contribution in [0.15, 0.2) is 33.9 Å². The Morgan fingerprint density at radius 2 is 2.08 bits per heavy atom. The van der Waals surface area contributed by atoms with E-state index in [9.17, 15) is 4.79 Å². The largest absolute Gasteiger partial charge is 0.379 e. The van der Waals surface area contributed by atoms with E-state index in [4.69, 9.17) is 4.74 Å². The van der Waals surface area contributed by atoms with Crippen LogP contribution >= 0.6 is 27.7 Å². The van der Waals surface area contributed by atoms with Crippen molar-refractivity contribution in [2.75, 3.05) is 37.4 Å². The highest BCUT2D eigenvalue weighted by molar-refractivity contribution is 9.10. The van der Waals surface area contributed by atoms with E-state index in [2.05, 4.69) is 36.3 Å². The summed E-state index contributed by atoms with van der Waals surface area (Å²) in [5, 5.41) is 12.1. The summed E-state index contributed by atoms with van der Waals surface area (Å²) in [6.07, 6.45) is 0. The molecule has 1 amide bonds. The summed E-state index contributed by atoms with van der Waals surface area (Å²) in [7, 11) is 1.93. The molecule has 1 saturated heterocycles. The van der Waals surface area contributed by atoms with Crippen LogP contribution in [0, 0.1) is 0 Å². The molecular formula is C16H20BrN5O2S. The highest BCUT2D eigenvalue weighted by Crippen LogP contribution is 2.22. The molecule has 0 bridgehead atoms. The molecule has 7 nitrogen and oxygen atoms in total. The van der Waals surface area contributed by atoms with E-state index < -0.39 is 0 Å². The van der Waals surface area contributed by atoms with Crippen LogP contribution < -0.4 is 5.32 Å². The summed E-state index contributed by atoms with van der Waals surface area (Å²) in [4.78, 5) is 14.4. The lowest BCUT2D eigenvalue weighted by Gasteiger charge is -2.25. The number of hydrogen-bond donors (Lipinski definition) is 1. The Morgan fingerprint density at radius 1 is 1.32 bits per heavy atom. The van der Waals surface area contributed by atoms with Crippen LogP contribution in [-0.2, 0) is 23.1 Å². The monoisotopic (exact) mass is 425 g/mol. The predicted molar refractivity (Wildman–Crippen MR) is 101 cm³/mol. The number of morpholine rings is 1. The summed E-state index contributed by atoms with van der Waals surface area (Å²) >= 11 is 4.80. The molecule has 2 heterocycles. The van der Waals surface area contributed by atoms with E-state index in [0.29, 0.717) is 0 Å². The number of nitrogens with zero attached hydrogens (tertiary/aromatic N) is 4. The molecule has 1 aliphatic heterocycles. The lowest BCUT2D eigenvalue weighted by atomic mass is 10.3. The number of anilines is 1. The van der Waals surface area contributed by atoms with Crippen molar-refractivity contribution in [2.24, 2.45) is 7.05 Å². The van der Waals surface area contributed by atoms with E-state index in [1.54, 1.807) is 0 Å². The number of benzene rings is 1. The van der Waals surface area contributed by atoms with Gasteiger partial charge < -0.3 is 14.6 Å². The van der Waals surface area contributed by atoms with Gasteiger partial charge in [0.15, 0.2) is 5.16 Å². The van der Waals surface area contributed by atoms with Gasteiger partial charge in [-0.2, -0.15) is 0 Å². The number of amides is 1. The molecule has 134 valence electrons. The zero-order valence-electron chi connectivity index (χ0n) is 13.9. The summed E-state index contributed by atoms with van der Waals surface area (Å²) in [6, 6.07) is 7.54. The standard InChI is InChI=1S/C16H20BrN5O2S/c1-21-14(10-22-6-8-24-9-7-22)19-20-16(21)25-11-15(23)18-13-5-3-2-4-12(13)17/h2-5H,6-11H2,1H3,(H,18,23). The third-order valence-corrected chi connectivity index (χ3v) is 5.59. The Labute approximate surface area is 159 Å². The van der Waals surface area contributed by atoms with E-state index in [-0.39, 0.29) is 11.7 Å². The number of aromatic nitrogens is 3. The van der Waals surface area contributed by atoms with E-state index in [1.165, 1.54) is 11.8 Å². The third kappa shape index (κ3) is 5.04. The maximum Gasteiger partial charge on any atom is 0.234 e. The van der Waals surface area contributed by atoms with Crippen molar-refractivity contribution in [3.8, 4) is 0 Å². The Kier molecular flexibility index (Phi) is 6.46. The van der Waals surface area contributed by atoms with E-state index in [0.717, 1.165) is 54.0 Å². The molecule has 1 aliphatic rings. The van der Waals surface area contributed by atoms with Crippen molar-refractivity contribution in [1.82, 2.24) is 19.7 Å². The first-order chi connectivity index (χ1) is 12.1. The molecule has 0 saturated carbocycles. The van der Waals surface area contributed by atoms with Crippen molar-refractivity contribution < 1.29 is 9.53 Å². The molecule has 0 unspecified atom stereocenters. The second-order valence-corrected chi connectivity index (χ2v) is 7.46. The molecule has 3 rings (SSSR count). The quantitative estimate of drug-likeness (QED) is 0.714. The molecule has 0 aliphatic carbocycles. The maximum atomic E-state index is 12.1. The first-order valence-corrected chi connectivity index (χ1v) is 9.77. The number of ether oxygens (including phenoxy) is 1. The number of carbonyl (C=O) groups excluding carboxylic acids is 1. The number of hydrogen-bond acceptors (Lipinski definition) is 6. The second kappa shape index (κ2) is 8.79. The summed E-state index contributed by atoms with van der Waals surface area (Å²) in [6.45, 7) is 4.08. The molecule has 1 N–H and O–H groups in total. The van der Waals surface area contributed by atoms with Gasteiger partial charge in [0.05, 0.1) is 31.2 Å². The first-order valence-electron chi connectivity index (χ1n) is 7.99. The smallest absolute Gasteiger partial charge is 0.234 e. The van der Waals surface area contributed by atoms with Crippen LogP contribution in [0.2, 0.25) is 0 Å². The summed E-state index contributed by atoms with van der Waals surface area (Å²) < 4.78 is 8.17. The maximum absolute atomic E-state index is 12.1. The molecule has 0 atom stereocenters. The van der Waals surface area contributed by atoms with Crippen LogP contribution in [0.4, 0.5) is 5.69 Å². The van der Waals surface area contributed by atoms with Crippen molar-refractivity contribution in [3.63, 3.8) is 0 Å². The minimum Gasteiger partial charge on any atom is -0.379 e. The van der Waals surface area contributed by atoms with Crippen LogP contribution in [0.25, 0.3) is 0 Å². The van der Waals surface area contributed by atoms with Crippen LogP contribution in [-0.4, -0.2) is 57.6 Å². The summed E-state index contributed by atoms with van der Waals surface area (Å²) in [5.41, 5.74) is 0.763. The van der Waals surface area contributed by atoms with Gasteiger partial charge in [0, 0.05) is 24.6 Å². The molecule has 9 heteroatoms. The van der Waals surface area contributed by atoms with Gasteiger partial charge in [-0.15, -0.1) is 10.2 Å². The number of thioether (sulfide) groups is 1. The van der Waals surface area contributed by atoms with Gasteiger partial charge in [-0.3, -0.25) is 9.69 Å². The van der Waals surface area contributed by atoms with E-state index >= 15 is 0 Å². The topological polar surface area (TPSA) is 72.3 Å². The zero-order valence-corrected chi connectivity index (χ0v) is 16.3. The van der Waals surface area contributed by atoms with Gasteiger partial charge in [0.1, 0.15) is 5.82 Å². The molecule has 2 aromatic rings. The Hall–Kier alpha value is -1.42. The molecule has 1 aromatic carbocycles. The highest BCUT2D eigenvalue weighted by atomic mass is 79.9. The Bertz CT molecular complexity index is 733. The number of para-hydroxylation sites is 1. The second-order valence-electron chi connectivity index (χ2n) is 5.66. The molecule has 0 spiro atoms. The van der Waals surface area contributed by atoms with Crippen LogP contribution in [0.3, 0.4) is 0 Å². The fraction of sp³-hybridized carbons (Fsp3) is 0.438. The fourth-order valence-electron chi connectivity index (χ4n) is 2.45. The van der Waals surface area contributed by atoms with Gasteiger partial charge in [-0.1, -0.05) is 23.9 Å². The lowest BCUT2D eigenvalue weighted by Crippen LogP contribution is -2.36. The Morgan fingerprint density at radius 3 is 2.84 bits per heavy atom. The first kappa shape index (κ1) is 18.4. The highest BCUT2D eigenvalue weighted by Gasteiger charge is 2.16. The molecular weight excluding hydrogens is 406 g/mol. The molecule has 1 fully saturated rings. The number of carbonyl (C=O) groups is 1. The minimum atomic E-state index is -0.0744. The zero-order chi connectivity index (χ0) is 17.6. The van der Waals surface area contributed by atoms with Crippen molar-refractivity contribution >= 4 is 39.3 Å². The SMILES string of the molecule is Cn1c(CN2CCOCC2)nnc1SCC(=O)Nc1ccccc1Br. The fourth-order valence-corrected chi connectivity index (χ4v) is 3.56. The number of halogens is 1. The van der Waals surface area contributed by atoms with Gasteiger partial charge in [-0.05, 0) is 28.1 Å². The molecule has 0 radical (unpaired) electrons. The minimum absolute atomic E-state index is 0.0744. The van der Waals surface area contributed by atoms with Gasteiger partial charge in [-0.25, -0.2) is 0 Å². The molecule has 25 heavy (non-hydrogen) atoms. The lowest BCUT2D eigenvalue weighted by molar-refractivity contribution is -0.113. The van der Waals surface area contributed by atoms with Crippen LogP contribution in [0.5, 0.6) is 0 Å². The average Bonchev–Trinajstić information content (AvgIpc) is 2.96. The van der Waals surface area contributed by atoms with E-state index in [1.807, 2.05) is 35.9 Å². The van der Waals surface area contributed by atoms with Crippen molar-refractivity contribution in [3.05, 3.63) is 34.6 Å². The van der Waals surface area contributed by atoms with Crippen LogP contribution in [0.1, 0.15) is 5.82 Å². The molecule has 1 aromatic heterocycles. The normalized spacial score (nSPS) is 15.3. The third-order valence-electron chi connectivity index (χ3n) is 3.87. The predicted octanol–water partition coefficient (Wildman–Crippen LogP) is 2.14. The average molecular weight is 426 g/mol.